The molecular weight excluding hydrogens is 911 g/mol. The zero-order valence-corrected chi connectivity index (χ0v) is 39.6. The number of benzene rings is 5. The van der Waals surface area contributed by atoms with Crippen LogP contribution in [0, 0.1) is 0 Å². The van der Waals surface area contributed by atoms with Crippen LogP contribution in [-0.4, -0.2) is 86.4 Å². The number of thioether (sulfide) groups is 1. The molecule has 16 heteroatoms. The van der Waals surface area contributed by atoms with Crippen LogP contribution in [0.1, 0.15) is 65.2 Å². The van der Waals surface area contributed by atoms with E-state index in [4.69, 9.17) is 14.2 Å². The van der Waals surface area contributed by atoms with Crippen molar-refractivity contribution in [3.63, 3.8) is 0 Å². The van der Waals surface area contributed by atoms with E-state index >= 15 is 0 Å². The van der Waals surface area contributed by atoms with Gasteiger partial charge in [-0.05, 0) is 84.5 Å². The number of aromatic nitrogens is 1. The second-order valence-corrected chi connectivity index (χ2v) is 18.5. The second kappa shape index (κ2) is 22.8. The maximum atomic E-state index is 14.5. The Morgan fingerprint density at radius 1 is 0.771 bits per heavy atom. The summed E-state index contributed by atoms with van der Waals surface area (Å²) in [5, 5.41) is 27.5. The van der Waals surface area contributed by atoms with E-state index in [1.807, 2.05) is 115 Å². The highest BCUT2D eigenvalue weighted by molar-refractivity contribution is 8.01. The number of rotatable bonds is 17. The molecule has 1 unspecified atom stereocenters. The maximum absolute atomic E-state index is 14.5. The summed E-state index contributed by atoms with van der Waals surface area (Å²) in [5.74, 6) is -2.34. The zero-order valence-electron chi connectivity index (χ0n) is 38.7. The van der Waals surface area contributed by atoms with Gasteiger partial charge in [-0.1, -0.05) is 121 Å². The lowest BCUT2D eigenvalue weighted by atomic mass is 9.95. The van der Waals surface area contributed by atoms with Crippen molar-refractivity contribution in [3.8, 4) is 22.6 Å². The number of phenols is 2. The number of alkyl carbamates (subject to hydrolysis) is 2. The third-order valence-electron chi connectivity index (χ3n) is 11.5. The maximum Gasteiger partial charge on any atom is 0.408 e. The van der Waals surface area contributed by atoms with Crippen LogP contribution in [0.3, 0.4) is 0 Å². The Morgan fingerprint density at radius 2 is 1.40 bits per heavy atom. The molecule has 0 bridgehead atoms. The molecule has 70 heavy (non-hydrogen) atoms. The van der Waals surface area contributed by atoms with Gasteiger partial charge in [0, 0.05) is 37.5 Å². The lowest BCUT2D eigenvalue weighted by Gasteiger charge is -2.33. The van der Waals surface area contributed by atoms with E-state index < -0.39 is 52.5 Å². The average Bonchev–Trinajstić information content (AvgIpc) is 3.73. The molecule has 1 aromatic heterocycles. The average molecular weight is 964 g/mol. The van der Waals surface area contributed by atoms with Crippen molar-refractivity contribution in [2.75, 3.05) is 25.6 Å². The number of aromatic hydroxyl groups is 2. The number of esters is 1. The van der Waals surface area contributed by atoms with Crippen LogP contribution in [0.2, 0.25) is 0 Å². The molecule has 4 amide bonds. The van der Waals surface area contributed by atoms with Gasteiger partial charge in [0.05, 0.1) is 16.3 Å². The van der Waals surface area contributed by atoms with Gasteiger partial charge >= 0.3 is 18.2 Å². The third kappa shape index (κ3) is 12.9. The number of carbonyl (C=O) groups excluding carboxylic acids is 5. The minimum absolute atomic E-state index is 0.0246. The van der Waals surface area contributed by atoms with E-state index in [0.717, 1.165) is 16.7 Å². The summed E-state index contributed by atoms with van der Waals surface area (Å²) in [5.41, 5.74) is 4.46. The largest absolute Gasteiger partial charge is 0.504 e. The van der Waals surface area contributed by atoms with Gasteiger partial charge in [-0.25, -0.2) is 14.4 Å². The highest BCUT2D eigenvalue weighted by Gasteiger charge is 2.53. The van der Waals surface area contributed by atoms with Crippen LogP contribution in [0.5, 0.6) is 11.5 Å². The van der Waals surface area contributed by atoms with E-state index in [2.05, 4.69) is 20.9 Å². The number of nitrogens with zero attached hydrogens (tertiary/aromatic N) is 2. The van der Waals surface area contributed by atoms with Crippen LogP contribution < -0.4 is 16.0 Å². The molecule has 7 rings (SSSR count). The molecule has 0 spiro atoms. The zero-order chi connectivity index (χ0) is 49.7. The Labute approximate surface area is 409 Å². The Morgan fingerprint density at radius 3 is 2.06 bits per heavy atom. The predicted octanol–water partition coefficient (Wildman–Crippen LogP) is 8.48. The van der Waals surface area contributed by atoms with Crippen molar-refractivity contribution in [2.24, 2.45) is 0 Å². The van der Waals surface area contributed by atoms with Gasteiger partial charge in [0.1, 0.15) is 18.2 Å². The van der Waals surface area contributed by atoms with Gasteiger partial charge in [-0.2, -0.15) is 0 Å². The topological polar surface area (TPSA) is 206 Å². The Balaban J connectivity index is 0.973. The highest BCUT2D eigenvalue weighted by Crippen LogP contribution is 2.42. The van der Waals surface area contributed by atoms with Crippen molar-refractivity contribution >= 4 is 47.8 Å². The standard InChI is InChI=1S/C54H53N5O10S/c1-53(2,42-22-20-38(21-23-42)37-13-7-4-8-14-37)69-52(66)57-30-29-56-49(63)41-27-28-55-43(32-41)24-26-46(62)59-35-70-54(3,34-67-51(65)58-33-36-19-25-44(60)45(61)31-36)48(59)50(64)68-47(39-15-9-5-10-16-39)40-17-11-6-12-18-40/h4-28,31-32,47-48,60-61H,29-30,33-35H2,1-3H3,(H,56,63)(H,57,66)(H,58,65)/b26-24+/t48-,54?/m0/s1. The summed E-state index contributed by atoms with van der Waals surface area (Å²) in [6.45, 7) is 5.17. The quantitative estimate of drug-likeness (QED) is 0.0192. The normalized spacial score (nSPS) is 15.5. The molecule has 1 aliphatic heterocycles. The van der Waals surface area contributed by atoms with Gasteiger partial charge in [0.2, 0.25) is 5.91 Å². The first-order chi connectivity index (χ1) is 33.7. The Bertz CT molecular complexity index is 2770. The number of pyridine rings is 1. The first-order valence-electron chi connectivity index (χ1n) is 22.4. The molecule has 6 aromatic rings. The van der Waals surface area contributed by atoms with Crippen molar-refractivity contribution in [1.82, 2.24) is 25.8 Å². The molecular formula is C54H53N5O10S. The monoisotopic (exact) mass is 963 g/mol. The molecule has 2 heterocycles. The number of ether oxygens (including phenoxy) is 3. The van der Waals surface area contributed by atoms with Crippen LogP contribution in [0.25, 0.3) is 17.2 Å². The fourth-order valence-electron chi connectivity index (χ4n) is 7.66. The predicted molar refractivity (Wildman–Crippen MR) is 265 cm³/mol. The van der Waals surface area contributed by atoms with Gasteiger partial charge in [-0.15, -0.1) is 11.8 Å². The summed E-state index contributed by atoms with van der Waals surface area (Å²) in [4.78, 5) is 73.1. The molecule has 5 N–H and O–H groups in total. The van der Waals surface area contributed by atoms with Gasteiger partial charge in [0.15, 0.2) is 17.6 Å². The summed E-state index contributed by atoms with van der Waals surface area (Å²) < 4.78 is 16.4. The van der Waals surface area contributed by atoms with Gasteiger partial charge in [-0.3, -0.25) is 14.6 Å². The Hall–Kier alpha value is -8.11. The summed E-state index contributed by atoms with van der Waals surface area (Å²) in [6, 6.07) is 42.0. The Kier molecular flexibility index (Phi) is 16.2. The molecule has 5 aromatic carbocycles. The number of hydrogen-bond donors (Lipinski definition) is 5. The van der Waals surface area contributed by atoms with E-state index in [-0.39, 0.29) is 54.9 Å². The van der Waals surface area contributed by atoms with Crippen molar-refractivity contribution in [3.05, 3.63) is 191 Å². The lowest BCUT2D eigenvalue weighted by Crippen LogP contribution is -2.53. The summed E-state index contributed by atoms with van der Waals surface area (Å²) in [6.07, 6.45) is 1.82. The number of hydrogen-bond acceptors (Lipinski definition) is 12. The molecule has 1 aliphatic rings. The molecule has 1 saturated heterocycles. The first-order valence-corrected chi connectivity index (χ1v) is 23.4. The van der Waals surface area contributed by atoms with Crippen LogP contribution in [0.4, 0.5) is 9.59 Å². The van der Waals surface area contributed by atoms with Crippen LogP contribution in [0.15, 0.2) is 158 Å². The smallest absolute Gasteiger partial charge is 0.408 e. The van der Waals surface area contributed by atoms with Crippen molar-refractivity contribution in [2.45, 2.75) is 49.8 Å². The van der Waals surface area contributed by atoms with E-state index in [1.54, 1.807) is 20.8 Å². The SMILES string of the molecule is CC(C)(OC(=O)NCCNC(=O)c1ccnc(/C=C/C(=O)N2CSC(C)(COC(=O)NCc3ccc(O)c(O)c3)[C@@H]2C(=O)OC(c2ccccc2)c2ccccc2)c1)c1ccc(-c2ccccc2)cc1. The minimum atomic E-state index is -1.24. The molecule has 0 radical (unpaired) electrons. The van der Waals surface area contributed by atoms with Gasteiger partial charge < -0.3 is 45.3 Å². The number of carbonyl (C=O) groups is 5. The van der Waals surface area contributed by atoms with Crippen molar-refractivity contribution < 1.29 is 48.4 Å². The molecule has 1 fully saturated rings. The highest BCUT2D eigenvalue weighted by atomic mass is 32.2. The van der Waals surface area contributed by atoms with E-state index in [9.17, 15) is 34.2 Å². The number of phenolic OH excluding ortho intramolecular Hbond substituents is 2. The third-order valence-corrected chi connectivity index (χ3v) is 12.9. The number of nitrogens with one attached hydrogen (secondary N) is 3. The van der Waals surface area contributed by atoms with E-state index in [1.165, 1.54) is 65.3 Å². The molecule has 2 atom stereocenters. The fourth-order valence-corrected chi connectivity index (χ4v) is 8.90. The minimum Gasteiger partial charge on any atom is -0.504 e. The first kappa shape index (κ1) is 49.8. The molecule has 0 aliphatic carbocycles. The summed E-state index contributed by atoms with van der Waals surface area (Å²) in [7, 11) is 0. The molecule has 360 valence electrons. The van der Waals surface area contributed by atoms with Gasteiger partial charge in [0.25, 0.3) is 5.91 Å². The van der Waals surface area contributed by atoms with E-state index in [0.29, 0.717) is 16.7 Å². The fraction of sp³-hybridized carbons (Fsp3) is 0.222. The summed E-state index contributed by atoms with van der Waals surface area (Å²) >= 11 is 1.24. The van der Waals surface area contributed by atoms with Crippen LogP contribution >= 0.6 is 11.8 Å². The van der Waals surface area contributed by atoms with Crippen LogP contribution in [-0.2, 0) is 35.9 Å². The molecule has 0 saturated carbocycles. The number of amides is 4. The lowest BCUT2D eigenvalue weighted by molar-refractivity contribution is -0.157. The van der Waals surface area contributed by atoms with Crippen molar-refractivity contribution in [1.29, 1.82) is 0 Å². The molecule has 15 nitrogen and oxygen atoms in total. The second-order valence-electron chi connectivity index (χ2n) is 17.0.